The molecule has 1 saturated carbocycles. The molecule has 2 fully saturated rings. The Labute approximate surface area is 141 Å². The van der Waals surface area contributed by atoms with Gasteiger partial charge in [0, 0.05) is 35.1 Å². The topological polar surface area (TPSA) is 46.3 Å². The van der Waals surface area contributed by atoms with Crippen molar-refractivity contribution in [3.63, 3.8) is 0 Å². The molecule has 0 radical (unpaired) electrons. The maximum Gasteiger partial charge on any atom is 0.226 e. The number of benzene rings is 1. The molecule has 0 bridgehead atoms. The van der Waals surface area contributed by atoms with Crippen molar-refractivity contribution >= 4 is 29.1 Å². The van der Waals surface area contributed by atoms with Crippen LogP contribution in [0.3, 0.4) is 0 Å². The molecule has 120 valence electrons. The first kappa shape index (κ1) is 16.1. The molecule has 1 aliphatic heterocycles. The molecule has 1 saturated heterocycles. The molecule has 2 N–H and O–H groups in total. The van der Waals surface area contributed by atoms with Crippen LogP contribution in [0.4, 0.5) is 0 Å². The van der Waals surface area contributed by atoms with Crippen molar-refractivity contribution < 1.29 is 4.79 Å². The molecule has 1 amide bonds. The van der Waals surface area contributed by atoms with Crippen molar-refractivity contribution in [2.45, 2.75) is 38.6 Å². The molecule has 22 heavy (non-hydrogen) atoms. The lowest BCUT2D eigenvalue weighted by molar-refractivity contribution is -0.136. The summed E-state index contributed by atoms with van der Waals surface area (Å²) in [6.45, 7) is 5.78. The predicted molar refractivity (Wildman–Crippen MR) is 90.3 cm³/mol. The van der Waals surface area contributed by atoms with Crippen molar-refractivity contribution in [2.75, 3.05) is 13.1 Å². The Balaban J connectivity index is 1.68. The molecule has 0 spiro atoms. The largest absolute Gasteiger partial charge is 0.342 e. The minimum Gasteiger partial charge on any atom is -0.342 e. The van der Waals surface area contributed by atoms with Gasteiger partial charge in [-0.3, -0.25) is 4.79 Å². The number of likely N-dealkylation sites (tertiary alicyclic amines) is 1. The van der Waals surface area contributed by atoms with E-state index in [0.29, 0.717) is 10.0 Å². The van der Waals surface area contributed by atoms with Gasteiger partial charge in [0.1, 0.15) is 0 Å². The lowest BCUT2D eigenvalue weighted by Gasteiger charge is -2.42. The molecule has 1 aromatic carbocycles. The summed E-state index contributed by atoms with van der Waals surface area (Å²) in [6, 6.07) is 5.70. The van der Waals surface area contributed by atoms with Gasteiger partial charge in [-0.25, -0.2) is 0 Å². The normalized spacial score (nSPS) is 30.2. The van der Waals surface area contributed by atoms with Crippen LogP contribution in [0.1, 0.15) is 38.2 Å². The van der Waals surface area contributed by atoms with E-state index in [9.17, 15) is 4.79 Å². The average Bonchev–Trinajstić information content (AvgIpc) is 3.21. The quantitative estimate of drug-likeness (QED) is 0.892. The summed E-state index contributed by atoms with van der Waals surface area (Å²) in [7, 11) is 0. The minimum absolute atomic E-state index is 0.0176. The van der Waals surface area contributed by atoms with E-state index in [-0.39, 0.29) is 29.2 Å². The number of rotatable bonds is 2. The smallest absolute Gasteiger partial charge is 0.226 e. The molecule has 1 heterocycles. The summed E-state index contributed by atoms with van der Waals surface area (Å²) >= 11 is 12.2. The summed E-state index contributed by atoms with van der Waals surface area (Å²) in [5, 5.41) is 1.29. The van der Waals surface area contributed by atoms with Crippen molar-refractivity contribution in [3.05, 3.63) is 33.8 Å². The molecule has 5 heteroatoms. The first-order valence-electron chi connectivity index (χ1n) is 7.79. The highest BCUT2D eigenvalue weighted by atomic mass is 35.5. The fourth-order valence-corrected chi connectivity index (χ4v) is 3.96. The molecular formula is C17H22Cl2N2O. The van der Waals surface area contributed by atoms with E-state index in [4.69, 9.17) is 28.9 Å². The Hall–Kier alpha value is -0.770. The van der Waals surface area contributed by atoms with Gasteiger partial charge in [-0.15, -0.1) is 0 Å². The Bertz CT molecular complexity index is 602. The second-order valence-electron chi connectivity index (χ2n) is 7.26. The van der Waals surface area contributed by atoms with Crippen LogP contribution < -0.4 is 5.73 Å². The van der Waals surface area contributed by atoms with Crippen molar-refractivity contribution in [3.8, 4) is 0 Å². The maximum absolute atomic E-state index is 12.7. The van der Waals surface area contributed by atoms with Gasteiger partial charge in [-0.2, -0.15) is 0 Å². The lowest BCUT2D eigenvalue weighted by atomic mass is 9.79. The third kappa shape index (κ3) is 2.99. The number of amides is 1. The van der Waals surface area contributed by atoms with E-state index in [0.717, 1.165) is 31.5 Å². The highest BCUT2D eigenvalue weighted by Gasteiger charge is 2.48. The van der Waals surface area contributed by atoms with Gasteiger partial charge < -0.3 is 10.6 Å². The van der Waals surface area contributed by atoms with Crippen molar-refractivity contribution in [1.29, 1.82) is 0 Å². The highest BCUT2D eigenvalue weighted by molar-refractivity contribution is 6.35. The van der Waals surface area contributed by atoms with E-state index in [1.807, 2.05) is 17.0 Å². The summed E-state index contributed by atoms with van der Waals surface area (Å²) in [5.41, 5.74) is 7.17. The van der Waals surface area contributed by atoms with E-state index in [1.54, 1.807) is 6.07 Å². The molecule has 3 atom stereocenters. The molecule has 1 aliphatic carbocycles. The van der Waals surface area contributed by atoms with Crippen LogP contribution in [0.15, 0.2) is 18.2 Å². The van der Waals surface area contributed by atoms with Gasteiger partial charge in [0.15, 0.2) is 0 Å². The number of carbonyl (C=O) groups excluding carboxylic acids is 1. The molecule has 0 aromatic heterocycles. The number of hydrogen-bond donors (Lipinski definition) is 1. The zero-order valence-corrected chi connectivity index (χ0v) is 14.5. The van der Waals surface area contributed by atoms with Crippen LogP contribution in [-0.2, 0) is 4.79 Å². The summed E-state index contributed by atoms with van der Waals surface area (Å²) in [6.07, 6.45) is 1.75. The maximum atomic E-state index is 12.7. The first-order chi connectivity index (χ1) is 10.3. The van der Waals surface area contributed by atoms with Crippen molar-refractivity contribution in [1.82, 2.24) is 4.90 Å². The summed E-state index contributed by atoms with van der Waals surface area (Å²) in [5.74, 6) is 0.538. The van der Waals surface area contributed by atoms with E-state index in [1.165, 1.54) is 0 Å². The third-order valence-electron chi connectivity index (χ3n) is 5.09. The molecule has 3 unspecified atom stereocenters. The number of nitrogens with two attached hydrogens (primary N) is 1. The second-order valence-corrected chi connectivity index (χ2v) is 8.10. The van der Waals surface area contributed by atoms with Crippen LogP contribution >= 0.6 is 23.2 Å². The summed E-state index contributed by atoms with van der Waals surface area (Å²) < 4.78 is 0. The lowest BCUT2D eigenvalue weighted by Crippen LogP contribution is -2.54. The fourth-order valence-electron chi connectivity index (χ4n) is 3.41. The molecule has 3 rings (SSSR count). The van der Waals surface area contributed by atoms with Crippen molar-refractivity contribution in [2.24, 2.45) is 17.1 Å². The zero-order chi connectivity index (χ0) is 16.1. The molecule has 3 nitrogen and oxygen atoms in total. The zero-order valence-electron chi connectivity index (χ0n) is 13.0. The fraction of sp³-hybridized carbons (Fsp3) is 0.588. The standard InChI is InChI=1S/C17H22Cl2N2O/c1-17(2)9-21(6-5-15(17)20)16(22)13-8-12(13)11-4-3-10(18)7-14(11)19/h3-4,7,12-13,15H,5-6,8-9,20H2,1-2H3. The number of carbonyl (C=O) groups is 1. The Morgan fingerprint density at radius 3 is 2.73 bits per heavy atom. The average molecular weight is 341 g/mol. The monoisotopic (exact) mass is 340 g/mol. The van der Waals surface area contributed by atoms with Gasteiger partial charge in [-0.1, -0.05) is 43.1 Å². The van der Waals surface area contributed by atoms with Gasteiger partial charge in [0.2, 0.25) is 5.91 Å². The van der Waals surface area contributed by atoms with Crippen LogP contribution in [0.2, 0.25) is 10.0 Å². The van der Waals surface area contributed by atoms with Crippen LogP contribution in [0.25, 0.3) is 0 Å². The van der Waals surface area contributed by atoms with E-state index >= 15 is 0 Å². The molecule has 2 aliphatic rings. The van der Waals surface area contributed by atoms with Gasteiger partial charge in [0.25, 0.3) is 0 Å². The van der Waals surface area contributed by atoms with Gasteiger partial charge in [-0.05, 0) is 41.9 Å². The highest BCUT2D eigenvalue weighted by Crippen LogP contribution is 2.51. The number of hydrogen-bond acceptors (Lipinski definition) is 2. The SMILES string of the molecule is CC1(C)CN(C(=O)C2CC2c2ccc(Cl)cc2Cl)CCC1N. The second kappa shape index (κ2) is 5.70. The Morgan fingerprint density at radius 1 is 1.36 bits per heavy atom. The van der Waals surface area contributed by atoms with E-state index < -0.39 is 0 Å². The minimum atomic E-state index is -0.0176. The van der Waals surface area contributed by atoms with Crippen LogP contribution in [0, 0.1) is 11.3 Å². The number of piperidine rings is 1. The van der Waals surface area contributed by atoms with Crippen LogP contribution in [-0.4, -0.2) is 29.9 Å². The Kier molecular flexibility index (Phi) is 4.17. The van der Waals surface area contributed by atoms with E-state index in [2.05, 4.69) is 13.8 Å². The third-order valence-corrected chi connectivity index (χ3v) is 5.66. The van der Waals surface area contributed by atoms with Gasteiger partial charge >= 0.3 is 0 Å². The molecular weight excluding hydrogens is 319 g/mol. The summed E-state index contributed by atoms with van der Waals surface area (Å²) in [4.78, 5) is 14.7. The molecule has 1 aromatic rings. The predicted octanol–water partition coefficient (Wildman–Crippen LogP) is 3.68. The number of nitrogens with zero attached hydrogens (tertiary/aromatic N) is 1. The first-order valence-corrected chi connectivity index (χ1v) is 8.54. The Morgan fingerprint density at radius 2 is 2.09 bits per heavy atom. The van der Waals surface area contributed by atoms with Crippen LogP contribution in [0.5, 0.6) is 0 Å². The number of halogens is 2. The van der Waals surface area contributed by atoms with Gasteiger partial charge in [0.05, 0.1) is 0 Å².